The number of aryl methyl sites for hydroxylation is 2. The fourth-order valence-electron chi connectivity index (χ4n) is 3.65. The largest absolute Gasteiger partial charge is 0.441 e. The third-order valence-corrected chi connectivity index (χ3v) is 6.05. The van der Waals surface area contributed by atoms with Crippen molar-refractivity contribution in [1.29, 1.82) is 0 Å². The van der Waals surface area contributed by atoms with E-state index in [9.17, 15) is 0 Å². The lowest BCUT2D eigenvalue weighted by Crippen LogP contribution is -2.33. The van der Waals surface area contributed by atoms with E-state index in [4.69, 9.17) is 9.40 Å². The monoisotopic (exact) mass is 383 g/mol. The first kappa shape index (κ1) is 18.3. The molecule has 2 aromatic heterocycles. The van der Waals surface area contributed by atoms with Crippen molar-refractivity contribution < 1.29 is 4.42 Å². The molecule has 1 aliphatic heterocycles. The second kappa shape index (κ2) is 7.86. The number of thioether (sulfide) groups is 1. The Bertz CT molecular complexity index is 893. The molecule has 0 atom stereocenters. The Balaban J connectivity index is 1.40. The van der Waals surface area contributed by atoms with Crippen LogP contribution in [0.15, 0.2) is 39.9 Å². The number of aromatic nitrogens is 4. The van der Waals surface area contributed by atoms with Crippen LogP contribution >= 0.6 is 11.8 Å². The molecule has 0 N–H and O–H groups in total. The molecular formula is C20H25N5OS. The molecule has 1 fully saturated rings. The van der Waals surface area contributed by atoms with Gasteiger partial charge in [0.1, 0.15) is 17.9 Å². The van der Waals surface area contributed by atoms with Crippen molar-refractivity contribution in [2.75, 3.05) is 19.3 Å². The van der Waals surface area contributed by atoms with Crippen molar-refractivity contribution in [2.24, 2.45) is 7.05 Å². The molecule has 142 valence electrons. The molecule has 0 bridgehead atoms. The van der Waals surface area contributed by atoms with Crippen LogP contribution in [0, 0.1) is 6.92 Å². The van der Waals surface area contributed by atoms with Gasteiger partial charge in [-0.2, -0.15) is 0 Å². The summed E-state index contributed by atoms with van der Waals surface area (Å²) in [6.07, 6.45) is 6.07. The van der Waals surface area contributed by atoms with Crippen molar-refractivity contribution in [3.05, 3.63) is 47.9 Å². The minimum atomic E-state index is 0.498. The first-order valence-electron chi connectivity index (χ1n) is 9.31. The topological polar surface area (TPSA) is 60.0 Å². The van der Waals surface area contributed by atoms with Crippen LogP contribution in [-0.2, 0) is 13.6 Å². The lowest BCUT2D eigenvalue weighted by atomic mass is 9.96. The lowest BCUT2D eigenvalue weighted by molar-refractivity contribution is 0.198. The molecule has 0 aliphatic carbocycles. The molecule has 1 aromatic carbocycles. The summed E-state index contributed by atoms with van der Waals surface area (Å²) < 4.78 is 7.98. The van der Waals surface area contributed by atoms with Crippen LogP contribution in [0.4, 0.5) is 0 Å². The maximum absolute atomic E-state index is 5.95. The Morgan fingerprint density at radius 1 is 1.19 bits per heavy atom. The van der Waals surface area contributed by atoms with Gasteiger partial charge in [-0.25, -0.2) is 4.98 Å². The van der Waals surface area contributed by atoms with E-state index < -0.39 is 0 Å². The van der Waals surface area contributed by atoms with Crippen LogP contribution in [-0.4, -0.2) is 44.0 Å². The SMILES string of the molecule is CSc1ccc(-c2nc(CN3CCC(c4nncn4C)CC3)c(C)o2)cc1. The zero-order valence-electron chi connectivity index (χ0n) is 16.1. The van der Waals surface area contributed by atoms with Gasteiger partial charge in [0.05, 0.1) is 5.69 Å². The smallest absolute Gasteiger partial charge is 0.226 e. The lowest BCUT2D eigenvalue weighted by Gasteiger charge is -2.30. The van der Waals surface area contributed by atoms with E-state index in [-0.39, 0.29) is 0 Å². The van der Waals surface area contributed by atoms with Crippen molar-refractivity contribution in [3.63, 3.8) is 0 Å². The highest BCUT2D eigenvalue weighted by Crippen LogP contribution is 2.29. The highest BCUT2D eigenvalue weighted by Gasteiger charge is 2.25. The van der Waals surface area contributed by atoms with Crippen molar-refractivity contribution in [3.8, 4) is 11.5 Å². The quantitative estimate of drug-likeness (QED) is 0.623. The Hall–Kier alpha value is -2.12. The highest BCUT2D eigenvalue weighted by molar-refractivity contribution is 7.98. The fourth-order valence-corrected chi connectivity index (χ4v) is 4.06. The molecule has 7 heteroatoms. The zero-order valence-corrected chi connectivity index (χ0v) is 16.9. The predicted molar refractivity (Wildman–Crippen MR) is 107 cm³/mol. The number of hydrogen-bond acceptors (Lipinski definition) is 6. The van der Waals surface area contributed by atoms with E-state index in [0.29, 0.717) is 11.8 Å². The maximum Gasteiger partial charge on any atom is 0.226 e. The van der Waals surface area contributed by atoms with Crippen LogP contribution in [0.3, 0.4) is 0 Å². The van der Waals surface area contributed by atoms with Crippen LogP contribution in [0.25, 0.3) is 11.5 Å². The Labute approximate surface area is 164 Å². The van der Waals surface area contributed by atoms with Gasteiger partial charge in [0.15, 0.2) is 0 Å². The number of likely N-dealkylation sites (tertiary alicyclic amines) is 1. The molecule has 0 amide bonds. The number of hydrogen-bond donors (Lipinski definition) is 0. The van der Waals surface area contributed by atoms with Gasteiger partial charge in [-0.3, -0.25) is 4.90 Å². The first-order chi connectivity index (χ1) is 13.1. The predicted octanol–water partition coefficient (Wildman–Crippen LogP) is 3.88. The summed E-state index contributed by atoms with van der Waals surface area (Å²) in [7, 11) is 2.02. The summed E-state index contributed by atoms with van der Waals surface area (Å²) in [5.74, 6) is 3.22. The molecule has 0 radical (unpaired) electrons. The molecule has 0 spiro atoms. The number of piperidine rings is 1. The minimum Gasteiger partial charge on any atom is -0.441 e. The number of benzene rings is 1. The van der Waals surface area contributed by atoms with Crippen LogP contribution in [0.2, 0.25) is 0 Å². The average Bonchev–Trinajstić information content (AvgIpc) is 3.28. The maximum atomic E-state index is 5.95. The summed E-state index contributed by atoms with van der Waals surface area (Å²) in [6.45, 7) is 4.93. The first-order valence-corrected chi connectivity index (χ1v) is 10.5. The molecule has 1 aliphatic rings. The van der Waals surface area contributed by atoms with Gasteiger partial charge in [-0.1, -0.05) is 0 Å². The number of oxazole rings is 1. The summed E-state index contributed by atoms with van der Waals surface area (Å²) in [4.78, 5) is 8.47. The van der Waals surface area contributed by atoms with Gasteiger partial charge in [-0.15, -0.1) is 22.0 Å². The van der Waals surface area contributed by atoms with E-state index >= 15 is 0 Å². The van der Waals surface area contributed by atoms with E-state index in [1.54, 1.807) is 18.1 Å². The van der Waals surface area contributed by atoms with Gasteiger partial charge in [0, 0.05) is 30.0 Å². The summed E-state index contributed by atoms with van der Waals surface area (Å²) >= 11 is 1.74. The van der Waals surface area contributed by atoms with Gasteiger partial charge in [0.2, 0.25) is 5.89 Å². The summed E-state index contributed by atoms with van der Waals surface area (Å²) in [5, 5.41) is 8.29. The fraction of sp³-hybridized carbons (Fsp3) is 0.450. The van der Waals surface area contributed by atoms with E-state index in [2.05, 4.69) is 45.6 Å². The summed E-state index contributed by atoms with van der Waals surface area (Å²) in [5.41, 5.74) is 2.07. The van der Waals surface area contributed by atoms with Gasteiger partial charge >= 0.3 is 0 Å². The van der Waals surface area contributed by atoms with E-state index in [1.165, 1.54) is 4.90 Å². The number of rotatable bonds is 5. The minimum absolute atomic E-state index is 0.498. The normalized spacial score (nSPS) is 16.1. The third kappa shape index (κ3) is 3.94. The molecule has 6 nitrogen and oxygen atoms in total. The second-order valence-corrected chi connectivity index (χ2v) is 7.98. The van der Waals surface area contributed by atoms with Crippen LogP contribution in [0.1, 0.15) is 36.0 Å². The third-order valence-electron chi connectivity index (χ3n) is 5.30. The van der Waals surface area contributed by atoms with Crippen molar-refractivity contribution in [2.45, 2.75) is 37.1 Å². The standard InChI is InChI=1S/C20H25N5OS/c1-14-18(22-20(26-14)16-4-6-17(27-3)7-5-16)12-25-10-8-15(9-11-25)19-23-21-13-24(19)2/h4-7,13,15H,8-12H2,1-3H3. The van der Waals surface area contributed by atoms with Crippen molar-refractivity contribution in [1.82, 2.24) is 24.6 Å². The Morgan fingerprint density at radius 3 is 2.56 bits per heavy atom. The number of nitrogens with zero attached hydrogens (tertiary/aromatic N) is 5. The highest BCUT2D eigenvalue weighted by atomic mass is 32.2. The van der Waals surface area contributed by atoms with E-state index in [0.717, 1.165) is 55.3 Å². The molecule has 1 saturated heterocycles. The van der Waals surface area contributed by atoms with Gasteiger partial charge < -0.3 is 8.98 Å². The zero-order chi connectivity index (χ0) is 18.8. The van der Waals surface area contributed by atoms with Crippen LogP contribution in [0.5, 0.6) is 0 Å². The molecule has 0 unspecified atom stereocenters. The molecule has 4 rings (SSSR count). The molecule has 3 heterocycles. The molecule has 27 heavy (non-hydrogen) atoms. The summed E-state index contributed by atoms with van der Waals surface area (Å²) in [6, 6.07) is 8.37. The van der Waals surface area contributed by atoms with Gasteiger partial charge in [-0.05, 0) is 63.4 Å². The average molecular weight is 384 g/mol. The van der Waals surface area contributed by atoms with Gasteiger partial charge in [0.25, 0.3) is 0 Å². The second-order valence-electron chi connectivity index (χ2n) is 7.10. The molecule has 0 saturated carbocycles. The van der Waals surface area contributed by atoms with E-state index in [1.807, 2.05) is 18.5 Å². The molecular weight excluding hydrogens is 358 g/mol. The van der Waals surface area contributed by atoms with Crippen molar-refractivity contribution >= 4 is 11.8 Å². The van der Waals surface area contributed by atoms with Crippen LogP contribution < -0.4 is 0 Å². The Morgan fingerprint density at radius 2 is 1.93 bits per heavy atom. The Kier molecular flexibility index (Phi) is 5.31. The molecule has 3 aromatic rings.